The van der Waals surface area contributed by atoms with Gasteiger partial charge < -0.3 is 4.57 Å². The number of alkyl halides is 1. The van der Waals surface area contributed by atoms with Gasteiger partial charge in [-0.1, -0.05) is 6.92 Å². The number of aryl methyl sites for hydroxylation is 2. The van der Waals surface area contributed by atoms with Crippen molar-refractivity contribution < 1.29 is 0 Å². The van der Waals surface area contributed by atoms with Crippen LogP contribution in [0.4, 0.5) is 0 Å². The number of imidazole rings is 1. The Kier molecular flexibility index (Phi) is 4.29. The summed E-state index contributed by atoms with van der Waals surface area (Å²) in [6.45, 7) is 5.31. The van der Waals surface area contributed by atoms with Gasteiger partial charge in [0.25, 0.3) is 0 Å². The maximum Gasteiger partial charge on any atom is 0.108 e. The fourth-order valence-electron chi connectivity index (χ4n) is 1.31. The standard InChI is InChI=1S/C10H17ClN2/c1-3-13-7-6-12-10(13)5-4-9(2)8-11/h6-7,9H,3-5,8H2,1-2H3. The average molecular weight is 201 g/mol. The highest BCUT2D eigenvalue weighted by Gasteiger charge is 2.04. The summed E-state index contributed by atoms with van der Waals surface area (Å²) >= 11 is 5.74. The first-order valence-corrected chi connectivity index (χ1v) is 5.37. The normalized spacial score (nSPS) is 13.2. The predicted molar refractivity (Wildman–Crippen MR) is 56.1 cm³/mol. The number of hydrogen-bond acceptors (Lipinski definition) is 1. The van der Waals surface area contributed by atoms with Gasteiger partial charge in [-0.15, -0.1) is 11.6 Å². The van der Waals surface area contributed by atoms with Gasteiger partial charge in [0.1, 0.15) is 5.82 Å². The first-order chi connectivity index (χ1) is 6.27. The first kappa shape index (κ1) is 10.6. The lowest BCUT2D eigenvalue weighted by Crippen LogP contribution is -2.04. The lowest BCUT2D eigenvalue weighted by Gasteiger charge is -2.07. The fourth-order valence-corrected chi connectivity index (χ4v) is 1.46. The summed E-state index contributed by atoms with van der Waals surface area (Å²) < 4.78 is 2.18. The molecule has 2 nitrogen and oxygen atoms in total. The fraction of sp³-hybridized carbons (Fsp3) is 0.700. The summed E-state index contributed by atoms with van der Waals surface area (Å²) in [5.41, 5.74) is 0. The molecule has 0 radical (unpaired) electrons. The summed E-state index contributed by atoms with van der Waals surface area (Å²) in [5.74, 6) is 2.51. The molecular formula is C10H17ClN2. The molecule has 0 aliphatic carbocycles. The lowest BCUT2D eigenvalue weighted by molar-refractivity contribution is 0.562. The molecule has 1 heterocycles. The van der Waals surface area contributed by atoms with Crippen molar-refractivity contribution in [3.63, 3.8) is 0 Å². The van der Waals surface area contributed by atoms with Crippen molar-refractivity contribution in [1.29, 1.82) is 0 Å². The van der Waals surface area contributed by atoms with Crippen LogP contribution in [0.2, 0.25) is 0 Å². The second-order valence-corrected chi connectivity index (χ2v) is 3.74. The molecule has 1 aromatic rings. The maximum absolute atomic E-state index is 5.74. The zero-order valence-electron chi connectivity index (χ0n) is 8.33. The Morgan fingerprint density at radius 1 is 1.62 bits per heavy atom. The van der Waals surface area contributed by atoms with Crippen LogP contribution in [0.15, 0.2) is 12.4 Å². The van der Waals surface area contributed by atoms with Crippen molar-refractivity contribution in [2.24, 2.45) is 5.92 Å². The minimum absolute atomic E-state index is 0.587. The summed E-state index contributed by atoms with van der Waals surface area (Å²) in [7, 11) is 0. The summed E-state index contributed by atoms with van der Waals surface area (Å²) in [6.07, 6.45) is 6.06. The van der Waals surface area contributed by atoms with Crippen molar-refractivity contribution in [1.82, 2.24) is 9.55 Å². The van der Waals surface area contributed by atoms with Crippen molar-refractivity contribution in [3.05, 3.63) is 18.2 Å². The number of rotatable bonds is 5. The number of aromatic nitrogens is 2. The highest BCUT2D eigenvalue weighted by Crippen LogP contribution is 2.09. The summed E-state index contributed by atoms with van der Waals surface area (Å²) in [6, 6.07) is 0. The van der Waals surface area contributed by atoms with Crippen molar-refractivity contribution in [2.45, 2.75) is 33.2 Å². The predicted octanol–water partition coefficient (Wildman–Crippen LogP) is 2.71. The molecule has 0 aliphatic rings. The molecule has 0 N–H and O–H groups in total. The second-order valence-electron chi connectivity index (χ2n) is 3.43. The number of hydrogen-bond donors (Lipinski definition) is 0. The highest BCUT2D eigenvalue weighted by molar-refractivity contribution is 6.18. The lowest BCUT2D eigenvalue weighted by atomic mass is 10.1. The largest absolute Gasteiger partial charge is 0.335 e. The SMILES string of the molecule is CCn1ccnc1CCC(C)CCl. The van der Waals surface area contributed by atoms with Gasteiger partial charge in [-0.2, -0.15) is 0 Å². The molecule has 13 heavy (non-hydrogen) atoms. The minimum Gasteiger partial charge on any atom is -0.335 e. The Labute approximate surface area is 84.9 Å². The van der Waals surface area contributed by atoms with E-state index in [1.807, 2.05) is 12.4 Å². The van der Waals surface area contributed by atoms with Crippen LogP contribution in [0.5, 0.6) is 0 Å². The second kappa shape index (κ2) is 5.28. The third-order valence-electron chi connectivity index (χ3n) is 2.27. The molecule has 0 bridgehead atoms. The van der Waals surface area contributed by atoms with Crippen molar-refractivity contribution >= 4 is 11.6 Å². The zero-order valence-corrected chi connectivity index (χ0v) is 9.09. The topological polar surface area (TPSA) is 17.8 Å². The monoisotopic (exact) mass is 200 g/mol. The molecule has 0 saturated carbocycles. The van der Waals surface area contributed by atoms with E-state index in [-0.39, 0.29) is 0 Å². The summed E-state index contributed by atoms with van der Waals surface area (Å²) in [5, 5.41) is 0. The molecule has 0 amide bonds. The molecule has 74 valence electrons. The van der Waals surface area contributed by atoms with Gasteiger partial charge in [0.2, 0.25) is 0 Å². The van der Waals surface area contributed by atoms with E-state index in [4.69, 9.17) is 11.6 Å². The Morgan fingerprint density at radius 2 is 2.38 bits per heavy atom. The molecular weight excluding hydrogens is 184 g/mol. The van der Waals surface area contributed by atoms with Gasteiger partial charge in [-0.3, -0.25) is 0 Å². The minimum atomic E-state index is 0.587. The van der Waals surface area contributed by atoms with Gasteiger partial charge >= 0.3 is 0 Å². The quantitative estimate of drug-likeness (QED) is 0.669. The van der Waals surface area contributed by atoms with Crippen LogP contribution in [0.25, 0.3) is 0 Å². The maximum atomic E-state index is 5.74. The van der Waals surface area contributed by atoms with E-state index in [2.05, 4.69) is 23.4 Å². The smallest absolute Gasteiger partial charge is 0.108 e. The van der Waals surface area contributed by atoms with Crippen LogP contribution in [-0.2, 0) is 13.0 Å². The molecule has 3 heteroatoms. The van der Waals surface area contributed by atoms with Gasteiger partial charge in [0.15, 0.2) is 0 Å². The Hall–Kier alpha value is -0.500. The first-order valence-electron chi connectivity index (χ1n) is 4.83. The average Bonchev–Trinajstić information content (AvgIpc) is 2.61. The molecule has 0 saturated heterocycles. The van der Waals surface area contributed by atoms with Crippen molar-refractivity contribution in [3.8, 4) is 0 Å². The van der Waals surface area contributed by atoms with Crippen LogP contribution in [-0.4, -0.2) is 15.4 Å². The zero-order chi connectivity index (χ0) is 9.68. The molecule has 1 atom stereocenters. The Bertz CT molecular complexity index is 245. The number of nitrogens with zero attached hydrogens (tertiary/aromatic N) is 2. The molecule has 0 spiro atoms. The molecule has 0 aliphatic heterocycles. The van der Waals surface area contributed by atoms with Crippen LogP contribution in [0.1, 0.15) is 26.1 Å². The molecule has 1 rings (SSSR count). The van der Waals surface area contributed by atoms with Crippen LogP contribution >= 0.6 is 11.6 Å². The Balaban J connectivity index is 2.44. The van der Waals surface area contributed by atoms with Gasteiger partial charge in [-0.05, 0) is 19.3 Å². The molecule has 0 aromatic carbocycles. The molecule has 1 unspecified atom stereocenters. The van der Waals surface area contributed by atoms with Crippen LogP contribution < -0.4 is 0 Å². The number of halogens is 1. The van der Waals surface area contributed by atoms with Crippen LogP contribution in [0, 0.1) is 5.92 Å². The van der Waals surface area contributed by atoms with E-state index in [1.165, 1.54) is 5.82 Å². The van der Waals surface area contributed by atoms with E-state index < -0.39 is 0 Å². The van der Waals surface area contributed by atoms with E-state index in [0.29, 0.717) is 5.92 Å². The van der Waals surface area contributed by atoms with E-state index >= 15 is 0 Å². The van der Waals surface area contributed by atoms with Crippen molar-refractivity contribution in [2.75, 3.05) is 5.88 Å². The van der Waals surface area contributed by atoms with Gasteiger partial charge in [0, 0.05) is 31.2 Å². The third-order valence-corrected chi connectivity index (χ3v) is 2.79. The van der Waals surface area contributed by atoms with E-state index in [1.54, 1.807) is 0 Å². The molecule has 1 aromatic heterocycles. The van der Waals surface area contributed by atoms with E-state index in [0.717, 1.165) is 25.3 Å². The third kappa shape index (κ3) is 3.03. The Morgan fingerprint density at radius 3 is 3.00 bits per heavy atom. The highest BCUT2D eigenvalue weighted by atomic mass is 35.5. The van der Waals surface area contributed by atoms with Gasteiger partial charge in [0.05, 0.1) is 0 Å². The van der Waals surface area contributed by atoms with Crippen LogP contribution in [0.3, 0.4) is 0 Å². The molecule has 0 fully saturated rings. The summed E-state index contributed by atoms with van der Waals surface area (Å²) in [4.78, 5) is 4.31. The van der Waals surface area contributed by atoms with E-state index in [9.17, 15) is 0 Å². The van der Waals surface area contributed by atoms with Gasteiger partial charge in [-0.25, -0.2) is 4.98 Å².